The molecule has 0 unspecified atom stereocenters. The van der Waals surface area contributed by atoms with Gasteiger partial charge in [0.1, 0.15) is 0 Å². The molecule has 1 amide bonds. The standard InChI is InChI=1S/C22H22N2O3S/c1-15-8-10-19(11-9-15)28(26,27)24-21-7-5-4-6-20(21)22(25)23-18-13-16(2)12-17(3)14-18/h4-14,24H,1-3H3,(H,23,25). The minimum atomic E-state index is -3.80. The summed E-state index contributed by atoms with van der Waals surface area (Å²) in [5, 5.41) is 2.84. The lowest BCUT2D eigenvalue weighted by atomic mass is 10.1. The van der Waals surface area contributed by atoms with E-state index in [4.69, 9.17) is 0 Å². The van der Waals surface area contributed by atoms with E-state index in [0.29, 0.717) is 5.69 Å². The lowest BCUT2D eigenvalue weighted by Gasteiger charge is -2.13. The molecule has 0 saturated carbocycles. The lowest BCUT2D eigenvalue weighted by Crippen LogP contribution is -2.18. The van der Waals surface area contributed by atoms with Gasteiger partial charge in [-0.3, -0.25) is 9.52 Å². The van der Waals surface area contributed by atoms with Crippen molar-refractivity contribution in [3.8, 4) is 0 Å². The summed E-state index contributed by atoms with van der Waals surface area (Å²) in [7, 11) is -3.80. The van der Waals surface area contributed by atoms with Crippen LogP contribution in [-0.4, -0.2) is 14.3 Å². The molecule has 3 aromatic rings. The topological polar surface area (TPSA) is 75.3 Å². The third kappa shape index (κ3) is 4.58. The first kappa shape index (κ1) is 19.6. The molecular formula is C22H22N2O3S. The summed E-state index contributed by atoms with van der Waals surface area (Å²) in [6.07, 6.45) is 0. The number of carbonyl (C=O) groups excluding carboxylic acids is 1. The molecule has 5 nitrogen and oxygen atoms in total. The van der Waals surface area contributed by atoms with Gasteiger partial charge in [0.05, 0.1) is 16.1 Å². The highest BCUT2D eigenvalue weighted by Gasteiger charge is 2.18. The summed E-state index contributed by atoms with van der Waals surface area (Å²) in [6, 6.07) is 18.8. The van der Waals surface area contributed by atoms with Crippen LogP contribution in [0.25, 0.3) is 0 Å². The Morgan fingerprint density at radius 1 is 0.786 bits per heavy atom. The zero-order valence-corrected chi connectivity index (χ0v) is 16.8. The van der Waals surface area contributed by atoms with Crippen LogP contribution in [-0.2, 0) is 10.0 Å². The molecule has 6 heteroatoms. The lowest BCUT2D eigenvalue weighted by molar-refractivity contribution is 0.102. The van der Waals surface area contributed by atoms with Crippen LogP contribution < -0.4 is 10.0 Å². The van der Waals surface area contributed by atoms with Crippen molar-refractivity contribution in [2.45, 2.75) is 25.7 Å². The minimum absolute atomic E-state index is 0.141. The predicted octanol–water partition coefficient (Wildman–Crippen LogP) is 4.66. The van der Waals surface area contributed by atoms with Crippen LogP contribution in [0.15, 0.2) is 71.6 Å². The van der Waals surface area contributed by atoms with Gasteiger partial charge in [-0.1, -0.05) is 35.9 Å². The molecule has 0 saturated heterocycles. The van der Waals surface area contributed by atoms with Gasteiger partial charge in [-0.25, -0.2) is 8.42 Å². The fraction of sp³-hybridized carbons (Fsp3) is 0.136. The fourth-order valence-corrected chi connectivity index (χ4v) is 4.02. The Balaban J connectivity index is 1.88. The molecule has 0 aliphatic carbocycles. The summed E-state index contributed by atoms with van der Waals surface area (Å²) in [4.78, 5) is 12.9. The number of hydrogen-bond acceptors (Lipinski definition) is 3. The maximum Gasteiger partial charge on any atom is 0.261 e. The first-order valence-electron chi connectivity index (χ1n) is 8.83. The van der Waals surface area contributed by atoms with Crippen molar-refractivity contribution in [2.75, 3.05) is 10.0 Å². The van der Waals surface area contributed by atoms with Gasteiger partial charge in [-0.2, -0.15) is 0 Å². The van der Waals surface area contributed by atoms with Crippen molar-refractivity contribution in [2.24, 2.45) is 0 Å². The number of carbonyl (C=O) groups is 1. The second-order valence-corrected chi connectivity index (χ2v) is 8.48. The van der Waals surface area contributed by atoms with E-state index >= 15 is 0 Å². The largest absolute Gasteiger partial charge is 0.322 e. The number of nitrogens with one attached hydrogen (secondary N) is 2. The van der Waals surface area contributed by atoms with Crippen molar-refractivity contribution < 1.29 is 13.2 Å². The van der Waals surface area contributed by atoms with E-state index in [1.807, 2.05) is 39.0 Å². The normalized spacial score (nSPS) is 11.1. The van der Waals surface area contributed by atoms with Crippen LogP contribution in [0.2, 0.25) is 0 Å². The van der Waals surface area contributed by atoms with Gasteiger partial charge >= 0.3 is 0 Å². The number of amides is 1. The number of para-hydroxylation sites is 1. The molecule has 0 spiro atoms. The second-order valence-electron chi connectivity index (χ2n) is 6.79. The highest BCUT2D eigenvalue weighted by Crippen LogP contribution is 2.22. The predicted molar refractivity (Wildman–Crippen MR) is 112 cm³/mol. The first-order chi connectivity index (χ1) is 13.2. The fourth-order valence-electron chi connectivity index (χ4n) is 2.94. The van der Waals surface area contributed by atoms with Gasteiger partial charge in [0.25, 0.3) is 15.9 Å². The highest BCUT2D eigenvalue weighted by atomic mass is 32.2. The number of benzene rings is 3. The zero-order chi connectivity index (χ0) is 20.3. The summed E-state index contributed by atoms with van der Waals surface area (Å²) >= 11 is 0. The van der Waals surface area contributed by atoms with E-state index in [1.165, 1.54) is 12.1 Å². The molecule has 0 radical (unpaired) electrons. The van der Waals surface area contributed by atoms with E-state index in [2.05, 4.69) is 10.0 Å². The van der Waals surface area contributed by atoms with Gasteiger partial charge in [-0.15, -0.1) is 0 Å². The molecule has 0 aliphatic rings. The van der Waals surface area contributed by atoms with Crippen LogP contribution in [0.5, 0.6) is 0 Å². The van der Waals surface area contributed by atoms with Gasteiger partial charge in [0.2, 0.25) is 0 Å². The molecule has 3 rings (SSSR count). The molecule has 0 fully saturated rings. The monoisotopic (exact) mass is 394 g/mol. The Morgan fingerprint density at radius 2 is 1.39 bits per heavy atom. The van der Waals surface area contributed by atoms with E-state index in [9.17, 15) is 13.2 Å². The molecule has 28 heavy (non-hydrogen) atoms. The molecule has 0 aromatic heterocycles. The Morgan fingerprint density at radius 3 is 2.04 bits per heavy atom. The number of anilines is 2. The number of aryl methyl sites for hydroxylation is 3. The van der Waals surface area contributed by atoms with Gasteiger partial charge in [0, 0.05) is 5.69 Å². The SMILES string of the molecule is Cc1ccc(S(=O)(=O)Nc2ccccc2C(=O)Nc2cc(C)cc(C)c2)cc1. The van der Waals surface area contributed by atoms with Crippen LogP contribution in [0, 0.1) is 20.8 Å². The van der Waals surface area contributed by atoms with Crippen molar-refractivity contribution in [1.29, 1.82) is 0 Å². The molecule has 0 aliphatic heterocycles. The molecule has 0 heterocycles. The number of hydrogen-bond donors (Lipinski definition) is 2. The molecule has 0 atom stereocenters. The smallest absolute Gasteiger partial charge is 0.261 e. The number of sulfonamides is 1. The average Bonchev–Trinajstić information content (AvgIpc) is 2.61. The average molecular weight is 394 g/mol. The van der Waals surface area contributed by atoms with Crippen LogP contribution in [0.3, 0.4) is 0 Å². The summed E-state index contributed by atoms with van der Waals surface area (Å²) in [5.74, 6) is -0.382. The van der Waals surface area contributed by atoms with Crippen LogP contribution in [0.4, 0.5) is 11.4 Å². The van der Waals surface area contributed by atoms with E-state index in [1.54, 1.807) is 36.4 Å². The molecule has 0 bridgehead atoms. The van der Waals surface area contributed by atoms with E-state index in [0.717, 1.165) is 16.7 Å². The Labute approximate surface area is 165 Å². The highest BCUT2D eigenvalue weighted by molar-refractivity contribution is 7.92. The van der Waals surface area contributed by atoms with Crippen molar-refractivity contribution in [3.63, 3.8) is 0 Å². The van der Waals surface area contributed by atoms with Gasteiger partial charge in [0.15, 0.2) is 0 Å². The van der Waals surface area contributed by atoms with Crippen molar-refractivity contribution in [1.82, 2.24) is 0 Å². The summed E-state index contributed by atoms with van der Waals surface area (Å²) < 4.78 is 27.9. The maximum absolute atomic E-state index is 12.8. The van der Waals surface area contributed by atoms with E-state index in [-0.39, 0.29) is 22.1 Å². The Kier molecular flexibility index (Phi) is 5.51. The van der Waals surface area contributed by atoms with E-state index < -0.39 is 10.0 Å². The molecule has 144 valence electrons. The van der Waals surface area contributed by atoms with Gasteiger partial charge in [-0.05, 0) is 68.3 Å². The molecular weight excluding hydrogens is 372 g/mol. The second kappa shape index (κ2) is 7.86. The third-order valence-electron chi connectivity index (χ3n) is 4.23. The molecule has 2 N–H and O–H groups in total. The van der Waals surface area contributed by atoms with Crippen LogP contribution in [0.1, 0.15) is 27.0 Å². The molecule has 3 aromatic carbocycles. The summed E-state index contributed by atoms with van der Waals surface area (Å²) in [5.41, 5.74) is 4.17. The number of rotatable bonds is 5. The first-order valence-corrected chi connectivity index (χ1v) is 10.3. The van der Waals surface area contributed by atoms with Crippen molar-refractivity contribution in [3.05, 3.63) is 89.0 Å². The Bertz CT molecular complexity index is 1100. The van der Waals surface area contributed by atoms with Gasteiger partial charge < -0.3 is 5.32 Å². The third-order valence-corrected chi connectivity index (χ3v) is 5.61. The Hall–Kier alpha value is -3.12. The minimum Gasteiger partial charge on any atom is -0.322 e. The quantitative estimate of drug-likeness (QED) is 0.661. The maximum atomic E-state index is 12.8. The zero-order valence-electron chi connectivity index (χ0n) is 16.0. The van der Waals surface area contributed by atoms with Crippen LogP contribution >= 0.6 is 0 Å². The summed E-state index contributed by atoms with van der Waals surface area (Å²) in [6.45, 7) is 5.79. The van der Waals surface area contributed by atoms with Crippen molar-refractivity contribution >= 4 is 27.3 Å².